The van der Waals surface area contributed by atoms with E-state index in [0.717, 1.165) is 0 Å². The molecule has 1 aromatic carbocycles. The fourth-order valence-electron chi connectivity index (χ4n) is 1.51. The second kappa shape index (κ2) is 3.44. The van der Waals surface area contributed by atoms with Crippen molar-refractivity contribution in [2.75, 3.05) is 0 Å². The number of hydrogen-bond donors (Lipinski definition) is 0. The lowest BCUT2D eigenvalue weighted by atomic mass is 9.99. The van der Waals surface area contributed by atoms with Gasteiger partial charge in [-0.2, -0.15) is 13.2 Å². The maximum absolute atomic E-state index is 12.5. The topological polar surface area (TPSA) is 17.1 Å². The number of benzene rings is 1. The summed E-state index contributed by atoms with van der Waals surface area (Å²) in [4.78, 5) is 10.4. The Morgan fingerprint density at radius 1 is 1.14 bits per heavy atom. The van der Waals surface area contributed by atoms with Crippen LogP contribution in [0.15, 0.2) is 12.1 Å². The summed E-state index contributed by atoms with van der Waals surface area (Å²) in [7, 11) is 0. The first-order chi connectivity index (χ1) is 6.36. The SMILES string of the molecule is Cc1cc(C=O)cc(C)c1C(F)(F)F. The van der Waals surface area contributed by atoms with Crippen LogP contribution >= 0.6 is 0 Å². The molecule has 0 saturated carbocycles. The van der Waals surface area contributed by atoms with Crippen molar-refractivity contribution in [1.82, 2.24) is 0 Å². The van der Waals surface area contributed by atoms with E-state index < -0.39 is 11.7 Å². The van der Waals surface area contributed by atoms with E-state index >= 15 is 0 Å². The van der Waals surface area contributed by atoms with Gasteiger partial charge >= 0.3 is 6.18 Å². The predicted octanol–water partition coefficient (Wildman–Crippen LogP) is 3.13. The molecule has 0 bridgehead atoms. The summed E-state index contributed by atoms with van der Waals surface area (Å²) in [5.41, 5.74) is -0.213. The van der Waals surface area contributed by atoms with Crippen LogP contribution in [0.5, 0.6) is 0 Å². The first-order valence-electron chi connectivity index (χ1n) is 4.00. The minimum Gasteiger partial charge on any atom is -0.298 e. The number of alkyl halides is 3. The van der Waals surface area contributed by atoms with E-state index in [0.29, 0.717) is 6.29 Å². The zero-order valence-electron chi connectivity index (χ0n) is 7.77. The van der Waals surface area contributed by atoms with E-state index in [1.54, 1.807) is 0 Å². The number of aryl methyl sites for hydroxylation is 2. The predicted molar refractivity (Wildman–Crippen MR) is 46.3 cm³/mol. The van der Waals surface area contributed by atoms with Gasteiger partial charge in [0.15, 0.2) is 0 Å². The molecular formula is C10H9F3O. The van der Waals surface area contributed by atoms with E-state index in [-0.39, 0.29) is 16.7 Å². The fraction of sp³-hybridized carbons (Fsp3) is 0.300. The van der Waals surface area contributed by atoms with Crippen LogP contribution in [-0.4, -0.2) is 6.29 Å². The van der Waals surface area contributed by atoms with Gasteiger partial charge in [0, 0.05) is 5.56 Å². The second-order valence-electron chi connectivity index (χ2n) is 3.15. The molecule has 0 spiro atoms. The zero-order valence-corrected chi connectivity index (χ0v) is 7.77. The van der Waals surface area contributed by atoms with Crippen molar-refractivity contribution in [3.63, 3.8) is 0 Å². The molecule has 0 aliphatic rings. The Balaban J connectivity index is 3.40. The van der Waals surface area contributed by atoms with E-state index in [1.807, 2.05) is 0 Å². The Kier molecular flexibility index (Phi) is 2.64. The van der Waals surface area contributed by atoms with Gasteiger partial charge in [0.25, 0.3) is 0 Å². The normalized spacial score (nSPS) is 11.5. The molecular weight excluding hydrogens is 193 g/mol. The molecule has 0 amide bonds. The van der Waals surface area contributed by atoms with E-state index in [1.165, 1.54) is 26.0 Å². The molecule has 0 saturated heterocycles. The van der Waals surface area contributed by atoms with Crippen molar-refractivity contribution in [3.8, 4) is 0 Å². The second-order valence-corrected chi connectivity index (χ2v) is 3.15. The summed E-state index contributed by atoms with van der Waals surface area (Å²) in [6.45, 7) is 2.70. The van der Waals surface area contributed by atoms with Crippen molar-refractivity contribution < 1.29 is 18.0 Å². The van der Waals surface area contributed by atoms with Gasteiger partial charge in [0.1, 0.15) is 6.29 Å². The smallest absolute Gasteiger partial charge is 0.298 e. The molecule has 0 atom stereocenters. The molecule has 0 aliphatic heterocycles. The summed E-state index contributed by atoms with van der Waals surface area (Å²) in [5, 5.41) is 0. The summed E-state index contributed by atoms with van der Waals surface area (Å²) in [6.07, 6.45) is -3.81. The molecule has 14 heavy (non-hydrogen) atoms. The van der Waals surface area contributed by atoms with Gasteiger partial charge in [0.05, 0.1) is 5.56 Å². The van der Waals surface area contributed by atoms with Crippen molar-refractivity contribution in [1.29, 1.82) is 0 Å². The van der Waals surface area contributed by atoms with Crippen LogP contribution in [0.25, 0.3) is 0 Å². The maximum Gasteiger partial charge on any atom is 0.416 e. The number of aldehydes is 1. The quantitative estimate of drug-likeness (QED) is 0.639. The first-order valence-corrected chi connectivity index (χ1v) is 4.00. The first kappa shape index (κ1) is 10.8. The fourth-order valence-corrected chi connectivity index (χ4v) is 1.51. The molecule has 4 heteroatoms. The monoisotopic (exact) mass is 202 g/mol. The molecule has 0 aromatic heterocycles. The Hall–Kier alpha value is -1.32. The number of halogens is 3. The Bertz CT molecular complexity index is 343. The standard InChI is InChI=1S/C10H9F3O/c1-6-3-8(5-14)4-7(2)9(6)10(11,12)13/h3-5H,1-2H3. The highest BCUT2D eigenvalue weighted by Crippen LogP contribution is 2.34. The Morgan fingerprint density at radius 2 is 1.57 bits per heavy atom. The maximum atomic E-state index is 12.5. The number of carbonyl (C=O) groups is 1. The largest absolute Gasteiger partial charge is 0.416 e. The van der Waals surface area contributed by atoms with Crippen LogP contribution in [0.4, 0.5) is 13.2 Å². The minimum atomic E-state index is -4.35. The highest BCUT2D eigenvalue weighted by atomic mass is 19.4. The van der Waals surface area contributed by atoms with E-state index in [4.69, 9.17) is 0 Å². The highest BCUT2D eigenvalue weighted by molar-refractivity contribution is 5.76. The van der Waals surface area contributed by atoms with E-state index in [9.17, 15) is 18.0 Å². The van der Waals surface area contributed by atoms with Crippen LogP contribution in [0.2, 0.25) is 0 Å². The van der Waals surface area contributed by atoms with Gasteiger partial charge in [-0.3, -0.25) is 4.79 Å². The molecule has 0 aliphatic carbocycles. The van der Waals surface area contributed by atoms with Gasteiger partial charge in [-0.1, -0.05) is 0 Å². The summed E-state index contributed by atoms with van der Waals surface area (Å²) >= 11 is 0. The Morgan fingerprint density at radius 3 is 1.86 bits per heavy atom. The third kappa shape index (κ3) is 1.95. The summed E-state index contributed by atoms with van der Waals surface area (Å²) in [5.74, 6) is 0. The molecule has 0 heterocycles. The summed E-state index contributed by atoms with van der Waals surface area (Å²) in [6, 6.07) is 2.48. The van der Waals surface area contributed by atoms with Crippen LogP contribution < -0.4 is 0 Å². The molecule has 0 unspecified atom stereocenters. The van der Waals surface area contributed by atoms with Crippen molar-refractivity contribution >= 4 is 6.29 Å². The van der Waals surface area contributed by atoms with E-state index in [2.05, 4.69) is 0 Å². The average molecular weight is 202 g/mol. The van der Waals surface area contributed by atoms with Crippen LogP contribution in [0, 0.1) is 13.8 Å². The molecule has 0 fully saturated rings. The van der Waals surface area contributed by atoms with Crippen LogP contribution in [0.1, 0.15) is 27.0 Å². The lowest BCUT2D eigenvalue weighted by Crippen LogP contribution is -2.10. The lowest BCUT2D eigenvalue weighted by Gasteiger charge is -2.13. The number of hydrogen-bond acceptors (Lipinski definition) is 1. The highest BCUT2D eigenvalue weighted by Gasteiger charge is 2.34. The van der Waals surface area contributed by atoms with Gasteiger partial charge in [0.2, 0.25) is 0 Å². The number of carbonyl (C=O) groups excluding carboxylic acids is 1. The zero-order chi connectivity index (χ0) is 10.9. The average Bonchev–Trinajstić information content (AvgIpc) is 1.99. The molecule has 0 radical (unpaired) electrons. The van der Waals surface area contributed by atoms with Gasteiger partial charge in [-0.05, 0) is 37.1 Å². The van der Waals surface area contributed by atoms with Crippen molar-refractivity contribution in [2.45, 2.75) is 20.0 Å². The van der Waals surface area contributed by atoms with Crippen LogP contribution in [-0.2, 0) is 6.18 Å². The molecule has 1 nitrogen and oxygen atoms in total. The van der Waals surface area contributed by atoms with Gasteiger partial charge in [-0.15, -0.1) is 0 Å². The lowest BCUT2D eigenvalue weighted by molar-refractivity contribution is -0.138. The van der Waals surface area contributed by atoms with Gasteiger partial charge in [-0.25, -0.2) is 0 Å². The van der Waals surface area contributed by atoms with Crippen molar-refractivity contribution in [3.05, 3.63) is 34.4 Å². The Labute approximate surface area is 79.5 Å². The minimum absolute atomic E-state index is 0.0830. The molecule has 76 valence electrons. The molecule has 1 aromatic rings. The third-order valence-corrected chi connectivity index (χ3v) is 1.97. The van der Waals surface area contributed by atoms with Gasteiger partial charge < -0.3 is 0 Å². The van der Waals surface area contributed by atoms with Crippen molar-refractivity contribution in [2.24, 2.45) is 0 Å². The summed E-state index contributed by atoms with van der Waals surface area (Å²) < 4.78 is 37.4. The molecule has 0 N–H and O–H groups in total. The number of rotatable bonds is 1. The third-order valence-electron chi connectivity index (χ3n) is 1.97. The molecule has 1 rings (SSSR count). The van der Waals surface area contributed by atoms with Crippen LogP contribution in [0.3, 0.4) is 0 Å².